The van der Waals surface area contributed by atoms with Gasteiger partial charge in [-0.25, -0.2) is 4.98 Å². The van der Waals surface area contributed by atoms with E-state index in [-0.39, 0.29) is 11.9 Å². The van der Waals surface area contributed by atoms with E-state index in [4.69, 9.17) is 0 Å². The van der Waals surface area contributed by atoms with Gasteiger partial charge in [0, 0.05) is 31.6 Å². The number of hydrogen-bond donors (Lipinski definition) is 0. The highest BCUT2D eigenvalue weighted by molar-refractivity contribution is 8.00. The Hall–Kier alpha value is -1.37. The Kier molecular flexibility index (Phi) is 6.51. The van der Waals surface area contributed by atoms with Crippen molar-refractivity contribution in [3.8, 4) is 0 Å². The summed E-state index contributed by atoms with van der Waals surface area (Å²) in [7, 11) is 1.92. The molecule has 1 unspecified atom stereocenters. The van der Waals surface area contributed by atoms with Crippen molar-refractivity contribution in [1.82, 2.24) is 14.8 Å². The topological polar surface area (TPSA) is 36.4 Å². The van der Waals surface area contributed by atoms with Crippen molar-refractivity contribution in [3.63, 3.8) is 0 Å². The standard InChI is InChI=1S/C19H25N3OS2/c1-21(18(23)17-14-25-19(20-17)24-2)16-9-6-11-22(13-16)12-10-15-7-4-3-5-8-15/h3-5,7-8,14,16H,6,9-13H2,1-2H3. The number of rotatable bonds is 6. The Morgan fingerprint density at radius 3 is 2.92 bits per heavy atom. The summed E-state index contributed by atoms with van der Waals surface area (Å²) in [5, 5.41) is 1.88. The molecule has 0 bridgehead atoms. The van der Waals surface area contributed by atoms with E-state index in [9.17, 15) is 4.79 Å². The fraction of sp³-hybridized carbons (Fsp3) is 0.474. The zero-order valence-corrected chi connectivity index (χ0v) is 16.5. The summed E-state index contributed by atoms with van der Waals surface area (Å²) in [4.78, 5) is 21.5. The molecule has 1 aromatic carbocycles. The van der Waals surface area contributed by atoms with Crippen LogP contribution in [0.4, 0.5) is 0 Å². The second-order valence-electron chi connectivity index (χ2n) is 6.45. The normalized spacial score (nSPS) is 18.2. The molecule has 6 heteroatoms. The van der Waals surface area contributed by atoms with Crippen molar-refractivity contribution >= 4 is 29.0 Å². The number of aromatic nitrogens is 1. The molecule has 25 heavy (non-hydrogen) atoms. The Morgan fingerprint density at radius 2 is 2.20 bits per heavy atom. The lowest BCUT2D eigenvalue weighted by atomic mass is 10.0. The van der Waals surface area contributed by atoms with Crippen LogP contribution in [0.15, 0.2) is 40.1 Å². The van der Waals surface area contributed by atoms with Crippen LogP contribution in [0.5, 0.6) is 0 Å². The molecule has 1 aromatic heterocycles. The molecule has 0 spiro atoms. The molecule has 2 aromatic rings. The molecule has 1 aliphatic rings. The molecule has 2 heterocycles. The van der Waals surface area contributed by atoms with Gasteiger partial charge in [0.05, 0.1) is 0 Å². The summed E-state index contributed by atoms with van der Waals surface area (Å²) < 4.78 is 0.949. The molecule has 1 atom stereocenters. The van der Waals surface area contributed by atoms with Crippen LogP contribution < -0.4 is 0 Å². The SMILES string of the molecule is CSc1nc(C(=O)N(C)C2CCCN(CCc3ccccc3)C2)cs1. The molecule has 0 saturated carbocycles. The quantitative estimate of drug-likeness (QED) is 0.722. The smallest absolute Gasteiger partial charge is 0.273 e. The maximum absolute atomic E-state index is 12.7. The molecule has 0 N–H and O–H groups in total. The average molecular weight is 376 g/mol. The molecule has 3 rings (SSSR count). The van der Waals surface area contributed by atoms with Gasteiger partial charge in [0.2, 0.25) is 0 Å². The van der Waals surface area contributed by atoms with Gasteiger partial charge >= 0.3 is 0 Å². The minimum absolute atomic E-state index is 0.0476. The van der Waals surface area contributed by atoms with Crippen molar-refractivity contribution < 1.29 is 4.79 Å². The molecule has 4 nitrogen and oxygen atoms in total. The lowest BCUT2D eigenvalue weighted by molar-refractivity contribution is 0.0614. The van der Waals surface area contributed by atoms with Crippen LogP contribution in [0.3, 0.4) is 0 Å². The van der Waals surface area contributed by atoms with Gasteiger partial charge in [-0.1, -0.05) is 42.1 Å². The lowest BCUT2D eigenvalue weighted by Crippen LogP contribution is -2.49. The summed E-state index contributed by atoms with van der Waals surface area (Å²) in [6.45, 7) is 3.13. The van der Waals surface area contributed by atoms with E-state index in [1.807, 2.05) is 23.6 Å². The lowest BCUT2D eigenvalue weighted by Gasteiger charge is -2.37. The van der Waals surface area contributed by atoms with Crippen molar-refractivity contribution in [3.05, 3.63) is 47.0 Å². The first-order valence-corrected chi connectivity index (χ1v) is 10.8. The Balaban J connectivity index is 1.55. The van der Waals surface area contributed by atoms with Crippen molar-refractivity contribution in [2.75, 3.05) is 32.9 Å². The molecule has 0 aliphatic carbocycles. The van der Waals surface area contributed by atoms with Crippen LogP contribution in [0.1, 0.15) is 28.9 Å². The van der Waals surface area contributed by atoms with Crippen LogP contribution >= 0.6 is 23.1 Å². The zero-order valence-electron chi connectivity index (χ0n) is 14.9. The van der Waals surface area contributed by atoms with Crippen LogP contribution in [-0.4, -0.2) is 59.7 Å². The maximum atomic E-state index is 12.7. The summed E-state index contributed by atoms with van der Waals surface area (Å²) >= 11 is 3.13. The third kappa shape index (κ3) is 4.84. The van der Waals surface area contributed by atoms with E-state index >= 15 is 0 Å². The number of amides is 1. The molecule has 1 saturated heterocycles. The van der Waals surface area contributed by atoms with Crippen LogP contribution in [0.25, 0.3) is 0 Å². The van der Waals surface area contributed by atoms with E-state index in [1.54, 1.807) is 23.1 Å². The number of carbonyl (C=O) groups is 1. The van der Waals surface area contributed by atoms with Crippen molar-refractivity contribution in [2.24, 2.45) is 0 Å². The van der Waals surface area contributed by atoms with Crippen LogP contribution in [0, 0.1) is 0 Å². The third-order valence-corrected chi connectivity index (χ3v) is 6.65. The molecule has 1 aliphatic heterocycles. The molecule has 1 amide bonds. The Labute approximate surface area is 158 Å². The van der Waals surface area contributed by atoms with E-state index in [1.165, 1.54) is 5.56 Å². The second-order valence-corrected chi connectivity index (χ2v) is 8.36. The molecular formula is C19H25N3OS2. The fourth-order valence-electron chi connectivity index (χ4n) is 3.28. The van der Waals surface area contributed by atoms with Crippen LogP contribution in [-0.2, 0) is 6.42 Å². The highest BCUT2D eigenvalue weighted by Crippen LogP contribution is 2.22. The van der Waals surface area contributed by atoms with Gasteiger partial charge in [0.25, 0.3) is 5.91 Å². The maximum Gasteiger partial charge on any atom is 0.273 e. The predicted octanol–water partition coefficient (Wildman–Crippen LogP) is 3.64. The highest BCUT2D eigenvalue weighted by Gasteiger charge is 2.27. The van der Waals surface area contributed by atoms with Gasteiger partial charge in [0.1, 0.15) is 10.0 Å². The number of thioether (sulfide) groups is 1. The number of carbonyl (C=O) groups excluding carboxylic acids is 1. The van der Waals surface area contributed by atoms with E-state index in [2.05, 4.69) is 40.2 Å². The molecule has 0 radical (unpaired) electrons. The summed E-state index contributed by atoms with van der Waals surface area (Å²) in [6, 6.07) is 10.9. The van der Waals surface area contributed by atoms with Gasteiger partial charge in [-0.3, -0.25) is 4.79 Å². The number of likely N-dealkylation sites (tertiary alicyclic amines) is 1. The highest BCUT2D eigenvalue weighted by atomic mass is 32.2. The van der Waals surface area contributed by atoms with Gasteiger partial charge in [-0.2, -0.15) is 0 Å². The molecule has 134 valence electrons. The minimum atomic E-state index is 0.0476. The number of nitrogens with zero attached hydrogens (tertiary/aromatic N) is 3. The van der Waals surface area contributed by atoms with Crippen LogP contribution in [0.2, 0.25) is 0 Å². The van der Waals surface area contributed by atoms with Gasteiger partial charge in [-0.05, 0) is 37.6 Å². The summed E-state index contributed by atoms with van der Waals surface area (Å²) in [6.07, 6.45) is 5.27. The first kappa shape index (κ1) is 18.4. The average Bonchev–Trinajstić information content (AvgIpc) is 3.15. The second kappa shape index (κ2) is 8.83. The fourth-order valence-corrected chi connectivity index (χ4v) is 4.51. The monoisotopic (exact) mass is 375 g/mol. The first-order valence-electron chi connectivity index (χ1n) is 8.70. The number of hydrogen-bond acceptors (Lipinski definition) is 5. The van der Waals surface area contributed by atoms with Gasteiger partial charge in [-0.15, -0.1) is 11.3 Å². The van der Waals surface area contributed by atoms with Crippen molar-refractivity contribution in [2.45, 2.75) is 29.6 Å². The zero-order chi connectivity index (χ0) is 17.6. The van der Waals surface area contributed by atoms with E-state index in [0.717, 1.165) is 43.2 Å². The number of piperidine rings is 1. The summed E-state index contributed by atoms with van der Waals surface area (Å²) in [5.74, 6) is 0.0476. The van der Waals surface area contributed by atoms with Crippen molar-refractivity contribution in [1.29, 1.82) is 0 Å². The van der Waals surface area contributed by atoms with E-state index < -0.39 is 0 Å². The largest absolute Gasteiger partial charge is 0.336 e. The predicted molar refractivity (Wildman–Crippen MR) is 106 cm³/mol. The number of benzene rings is 1. The third-order valence-electron chi connectivity index (χ3n) is 4.79. The minimum Gasteiger partial charge on any atom is -0.336 e. The number of thiazole rings is 1. The van der Waals surface area contributed by atoms with Gasteiger partial charge < -0.3 is 9.80 Å². The Morgan fingerprint density at radius 1 is 1.40 bits per heavy atom. The van der Waals surface area contributed by atoms with E-state index in [0.29, 0.717) is 5.69 Å². The number of likely N-dealkylation sites (N-methyl/N-ethyl adjacent to an activating group) is 1. The first-order chi connectivity index (χ1) is 12.2. The molecular weight excluding hydrogens is 350 g/mol. The Bertz CT molecular complexity index is 689. The molecule has 1 fully saturated rings. The summed E-state index contributed by atoms with van der Waals surface area (Å²) in [5.41, 5.74) is 1.96. The van der Waals surface area contributed by atoms with Gasteiger partial charge in [0.15, 0.2) is 0 Å².